The topological polar surface area (TPSA) is 41.5 Å². The van der Waals surface area contributed by atoms with E-state index in [1.807, 2.05) is 23.9 Å². The molecule has 0 radical (unpaired) electrons. The first-order valence-electron chi connectivity index (χ1n) is 9.45. The van der Waals surface area contributed by atoms with Crippen molar-refractivity contribution >= 4 is 11.8 Å². The molecule has 1 heterocycles. The lowest BCUT2D eigenvalue weighted by Gasteiger charge is -2.40. The number of nitrogens with one attached hydrogen (secondary N) is 1. The average Bonchev–Trinajstić information content (AvgIpc) is 2.86. The van der Waals surface area contributed by atoms with Crippen molar-refractivity contribution in [3.63, 3.8) is 0 Å². The molecule has 3 rings (SSSR count). The number of ether oxygens (including phenoxy) is 1. The number of benzene rings is 2. The number of hydrogen-bond donors (Lipinski definition) is 2. The Kier molecular flexibility index (Phi) is 6.28. The van der Waals surface area contributed by atoms with Gasteiger partial charge in [-0.15, -0.1) is 11.8 Å². The van der Waals surface area contributed by atoms with Crippen LogP contribution in [0.5, 0.6) is 5.75 Å². The van der Waals surface area contributed by atoms with Crippen molar-refractivity contribution in [2.24, 2.45) is 0 Å². The van der Waals surface area contributed by atoms with Crippen molar-refractivity contribution < 1.29 is 9.84 Å². The molecule has 1 aliphatic rings. The van der Waals surface area contributed by atoms with E-state index >= 15 is 0 Å². The highest BCUT2D eigenvalue weighted by Gasteiger charge is 2.41. The van der Waals surface area contributed by atoms with Crippen molar-refractivity contribution in [2.75, 3.05) is 12.9 Å². The molecule has 0 saturated heterocycles. The van der Waals surface area contributed by atoms with Gasteiger partial charge in [0.05, 0.1) is 24.8 Å². The molecule has 0 aromatic heterocycles. The monoisotopic (exact) mass is 371 g/mol. The van der Waals surface area contributed by atoms with E-state index in [0.717, 1.165) is 30.8 Å². The van der Waals surface area contributed by atoms with E-state index in [2.05, 4.69) is 55.6 Å². The summed E-state index contributed by atoms with van der Waals surface area (Å²) in [4.78, 5) is 1.23. The molecule has 2 aromatic rings. The second-order valence-electron chi connectivity index (χ2n) is 6.99. The van der Waals surface area contributed by atoms with Gasteiger partial charge < -0.3 is 9.84 Å². The van der Waals surface area contributed by atoms with E-state index in [0.29, 0.717) is 0 Å². The molecule has 0 fully saturated rings. The van der Waals surface area contributed by atoms with Gasteiger partial charge in [0.1, 0.15) is 5.75 Å². The Morgan fingerprint density at radius 1 is 1.23 bits per heavy atom. The number of fused-ring (bicyclic) bond motifs is 1. The van der Waals surface area contributed by atoms with Crippen LogP contribution in [-0.2, 0) is 0 Å². The largest absolute Gasteiger partial charge is 0.497 e. The minimum absolute atomic E-state index is 0.0542. The lowest BCUT2D eigenvalue weighted by atomic mass is 9.85. The van der Waals surface area contributed by atoms with Gasteiger partial charge in [-0.05, 0) is 36.1 Å². The SMILES string of the molecule is CCC[C@@H](O)[C@@]1(CC)CSc2cc(OC)ccc2[C@H](c2ccccc2)N1. The number of aliphatic hydroxyl groups excluding tert-OH is 1. The molecule has 1 aliphatic heterocycles. The Morgan fingerprint density at radius 2 is 2.00 bits per heavy atom. The molecule has 0 amide bonds. The molecule has 0 bridgehead atoms. The fourth-order valence-electron chi connectivity index (χ4n) is 3.71. The van der Waals surface area contributed by atoms with Gasteiger partial charge >= 0.3 is 0 Å². The van der Waals surface area contributed by atoms with Crippen LogP contribution < -0.4 is 10.1 Å². The van der Waals surface area contributed by atoms with Gasteiger partial charge in [0, 0.05) is 10.6 Å². The molecule has 2 aromatic carbocycles. The third-order valence-corrected chi connectivity index (χ3v) is 6.74. The number of methoxy groups -OCH3 is 1. The third kappa shape index (κ3) is 3.78. The van der Waals surface area contributed by atoms with Crippen LogP contribution in [0.3, 0.4) is 0 Å². The number of aliphatic hydroxyl groups is 1. The summed E-state index contributed by atoms with van der Waals surface area (Å²) >= 11 is 1.82. The van der Waals surface area contributed by atoms with E-state index < -0.39 is 0 Å². The second-order valence-corrected chi connectivity index (χ2v) is 8.01. The fourth-order valence-corrected chi connectivity index (χ4v) is 5.15. The normalized spacial score (nSPS) is 23.8. The lowest BCUT2D eigenvalue weighted by molar-refractivity contribution is 0.0574. The van der Waals surface area contributed by atoms with E-state index in [4.69, 9.17) is 4.74 Å². The Hall–Kier alpha value is -1.49. The molecule has 0 aliphatic carbocycles. The summed E-state index contributed by atoms with van der Waals surface area (Å²) in [7, 11) is 1.71. The Balaban J connectivity index is 2.08. The predicted molar refractivity (Wildman–Crippen MR) is 109 cm³/mol. The highest BCUT2D eigenvalue weighted by molar-refractivity contribution is 7.99. The molecule has 0 spiro atoms. The van der Waals surface area contributed by atoms with Crippen molar-refractivity contribution in [3.8, 4) is 5.75 Å². The van der Waals surface area contributed by atoms with Crippen molar-refractivity contribution in [2.45, 2.75) is 55.7 Å². The van der Waals surface area contributed by atoms with Crippen LogP contribution in [0.15, 0.2) is 53.4 Å². The summed E-state index contributed by atoms with van der Waals surface area (Å²) in [6, 6.07) is 16.9. The molecular formula is C22H29NO2S. The van der Waals surface area contributed by atoms with Gasteiger partial charge in [-0.3, -0.25) is 5.32 Å². The van der Waals surface area contributed by atoms with E-state index in [9.17, 15) is 5.11 Å². The van der Waals surface area contributed by atoms with E-state index in [1.54, 1.807) is 7.11 Å². The summed E-state index contributed by atoms with van der Waals surface area (Å²) in [6.07, 6.45) is 2.30. The van der Waals surface area contributed by atoms with E-state index in [-0.39, 0.29) is 17.7 Å². The van der Waals surface area contributed by atoms with Crippen LogP contribution in [0.2, 0.25) is 0 Å². The number of rotatable bonds is 6. The highest BCUT2D eigenvalue weighted by atomic mass is 32.2. The van der Waals surface area contributed by atoms with Gasteiger partial charge in [0.25, 0.3) is 0 Å². The summed E-state index contributed by atoms with van der Waals surface area (Å²) in [5, 5.41) is 14.9. The Morgan fingerprint density at radius 3 is 2.65 bits per heavy atom. The van der Waals surface area contributed by atoms with Crippen molar-refractivity contribution in [1.82, 2.24) is 5.32 Å². The van der Waals surface area contributed by atoms with Gasteiger partial charge in [-0.25, -0.2) is 0 Å². The van der Waals surface area contributed by atoms with Gasteiger partial charge in [0.15, 0.2) is 0 Å². The first-order chi connectivity index (χ1) is 12.6. The molecule has 26 heavy (non-hydrogen) atoms. The first-order valence-corrected chi connectivity index (χ1v) is 10.4. The molecule has 0 saturated carbocycles. The molecule has 3 atom stereocenters. The zero-order valence-corrected chi connectivity index (χ0v) is 16.7. The van der Waals surface area contributed by atoms with Crippen LogP contribution in [0.1, 0.15) is 50.3 Å². The van der Waals surface area contributed by atoms with Gasteiger partial charge in [0.2, 0.25) is 0 Å². The maximum absolute atomic E-state index is 11.0. The minimum atomic E-state index is -0.368. The summed E-state index contributed by atoms with van der Waals surface area (Å²) in [5.41, 5.74) is 2.16. The quantitative estimate of drug-likeness (QED) is 0.766. The number of hydrogen-bond acceptors (Lipinski definition) is 4. The van der Waals surface area contributed by atoms with Crippen LogP contribution >= 0.6 is 11.8 Å². The van der Waals surface area contributed by atoms with Gasteiger partial charge in [-0.1, -0.05) is 56.7 Å². The van der Waals surface area contributed by atoms with Crippen LogP contribution in [0, 0.1) is 0 Å². The smallest absolute Gasteiger partial charge is 0.119 e. The molecule has 4 heteroatoms. The van der Waals surface area contributed by atoms with Crippen molar-refractivity contribution in [3.05, 3.63) is 59.7 Å². The van der Waals surface area contributed by atoms with Crippen LogP contribution in [-0.4, -0.2) is 29.6 Å². The fraction of sp³-hybridized carbons (Fsp3) is 0.455. The maximum Gasteiger partial charge on any atom is 0.119 e. The summed E-state index contributed by atoms with van der Waals surface area (Å²) in [6.45, 7) is 4.30. The van der Waals surface area contributed by atoms with Gasteiger partial charge in [-0.2, -0.15) is 0 Å². The minimum Gasteiger partial charge on any atom is -0.497 e. The molecule has 2 N–H and O–H groups in total. The Bertz CT molecular complexity index is 721. The molecule has 3 nitrogen and oxygen atoms in total. The zero-order chi connectivity index (χ0) is 18.6. The standard InChI is InChI=1S/C22H29NO2S/c1-4-9-20(24)22(5-2)15-26-19-14-17(25-3)12-13-18(19)21(23-22)16-10-7-6-8-11-16/h6-8,10-14,20-21,23-24H,4-5,9,15H2,1-3H3/t20-,21+,22-/m1/s1. The third-order valence-electron chi connectivity index (χ3n) is 5.41. The summed E-state index contributed by atoms with van der Waals surface area (Å²) < 4.78 is 5.44. The lowest BCUT2D eigenvalue weighted by Crippen LogP contribution is -2.56. The molecular weight excluding hydrogens is 342 g/mol. The highest BCUT2D eigenvalue weighted by Crippen LogP contribution is 2.42. The molecule has 140 valence electrons. The van der Waals surface area contributed by atoms with Crippen molar-refractivity contribution in [1.29, 1.82) is 0 Å². The van der Waals surface area contributed by atoms with E-state index in [1.165, 1.54) is 16.0 Å². The first kappa shape index (κ1) is 19.3. The predicted octanol–water partition coefficient (Wildman–Crippen LogP) is 4.79. The van der Waals surface area contributed by atoms with Crippen LogP contribution in [0.4, 0.5) is 0 Å². The maximum atomic E-state index is 11.0. The average molecular weight is 372 g/mol. The molecule has 0 unspecified atom stereocenters. The summed E-state index contributed by atoms with van der Waals surface area (Å²) in [5.74, 6) is 1.72. The number of thioether (sulfide) groups is 1. The van der Waals surface area contributed by atoms with Crippen LogP contribution in [0.25, 0.3) is 0 Å². The second kappa shape index (κ2) is 8.47. The zero-order valence-electron chi connectivity index (χ0n) is 15.9. The Labute approximate surface area is 161 Å².